The summed E-state index contributed by atoms with van der Waals surface area (Å²) in [4.78, 5) is 2.34. The number of hydrogen-bond acceptors (Lipinski definition) is 2. The van der Waals surface area contributed by atoms with Gasteiger partial charge >= 0.3 is 0 Å². The molecular formula is C14H18BrFN2. The van der Waals surface area contributed by atoms with Gasteiger partial charge in [0.05, 0.1) is 15.8 Å². The summed E-state index contributed by atoms with van der Waals surface area (Å²) in [5, 5.41) is 0. The van der Waals surface area contributed by atoms with Crippen LogP contribution in [0.3, 0.4) is 0 Å². The third kappa shape index (κ3) is 2.00. The first-order valence-corrected chi connectivity index (χ1v) is 7.47. The van der Waals surface area contributed by atoms with Gasteiger partial charge in [-0.25, -0.2) is 4.39 Å². The van der Waals surface area contributed by atoms with Crippen LogP contribution in [0.1, 0.15) is 32.1 Å². The third-order valence-electron chi connectivity index (χ3n) is 4.37. The molecule has 1 aliphatic heterocycles. The zero-order chi connectivity index (χ0) is 12.7. The number of hydrogen-bond donors (Lipinski definition) is 1. The first-order valence-electron chi connectivity index (χ1n) is 6.68. The SMILES string of the molecule is Nc1cc(Br)c(F)cc1N1CCCC2CCCC21. The molecular weight excluding hydrogens is 295 g/mol. The van der Waals surface area contributed by atoms with E-state index < -0.39 is 0 Å². The van der Waals surface area contributed by atoms with Gasteiger partial charge in [0.25, 0.3) is 0 Å². The molecule has 1 saturated carbocycles. The van der Waals surface area contributed by atoms with Gasteiger partial charge in [-0.3, -0.25) is 0 Å². The van der Waals surface area contributed by atoms with E-state index >= 15 is 0 Å². The minimum atomic E-state index is -0.223. The number of rotatable bonds is 1. The van der Waals surface area contributed by atoms with Crippen LogP contribution in [-0.2, 0) is 0 Å². The number of nitrogen functional groups attached to an aromatic ring is 1. The van der Waals surface area contributed by atoms with Crippen LogP contribution in [0.15, 0.2) is 16.6 Å². The van der Waals surface area contributed by atoms with Gasteiger partial charge in [-0.2, -0.15) is 0 Å². The van der Waals surface area contributed by atoms with E-state index in [1.54, 1.807) is 12.1 Å². The predicted molar refractivity (Wildman–Crippen MR) is 76.2 cm³/mol. The Morgan fingerprint density at radius 2 is 2.00 bits per heavy atom. The molecule has 1 aliphatic carbocycles. The van der Waals surface area contributed by atoms with Crippen molar-refractivity contribution in [1.29, 1.82) is 0 Å². The number of anilines is 2. The molecule has 0 amide bonds. The molecule has 2 aliphatic rings. The molecule has 0 bridgehead atoms. The second kappa shape index (κ2) is 4.72. The Morgan fingerprint density at radius 1 is 1.22 bits per heavy atom. The second-order valence-electron chi connectivity index (χ2n) is 5.42. The number of fused-ring (bicyclic) bond motifs is 1. The molecule has 2 unspecified atom stereocenters. The predicted octanol–water partition coefficient (Wildman–Crippen LogP) is 3.94. The van der Waals surface area contributed by atoms with Crippen molar-refractivity contribution in [1.82, 2.24) is 0 Å². The molecule has 2 N–H and O–H groups in total. The van der Waals surface area contributed by atoms with E-state index in [0.29, 0.717) is 16.2 Å². The number of benzene rings is 1. The fourth-order valence-corrected chi connectivity index (χ4v) is 3.91. The molecule has 3 rings (SSSR count). The Balaban J connectivity index is 1.96. The molecule has 98 valence electrons. The zero-order valence-corrected chi connectivity index (χ0v) is 11.9. The Morgan fingerprint density at radius 3 is 2.83 bits per heavy atom. The smallest absolute Gasteiger partial charge is 0.139 e. The summed E-state index contributed by atoms with van der Waals surface area (Å²) in [6, 6.07) is 3.84. The molecule has 4 heteroatoms. The lowest BCUT2D eigenvalue weighted by Gasteiger charge is -2.40. The van der Waals surface area contributed by atoms with Crippen molar-refractivity contribution in [3.05, 3.63) is 22.4 Å². The highest BCUT2D eigenvalue weighted by Crippen LogP contribution is 2.41. The molecule has 2 fully saturated rings. The Bertz CT molecular complexity index is 463. The third-order valence-corrected chi connectivity index (χ3v) is 4.98. The average Bonchev–Trinajstić information content (AvgIpc) is 2.82. The molecule has 1 saturated heterocycles. The zero-order valence-electron chi connectivity index (χ0n) is 10.3. The van der Waals surface area contributed by atoms with Crippen molar-refractivity contribution in [3.63, 3.8) is 0 Å². The van der Waals surface area contributed by atoms with E-state index in [0.717, 1.165) is 18.2 Å². The monoisotopic (exact) mass is 312 g/mol. The Labute approximate surface area is 115 Å². The van der Waals surface area contributed by atoms with Crippen LogP contribution in [0.4, 0.5) is 15.8 Å². The largest absolute Gasteiger partial charge is 0.397 e. The van der Waals surface area contributed by atoms with Gasteiger partial charge in [0, 0.05) is 18.7 Å². The summed E-state index contributed by atoms with van der Waals surface area (Å²) in [7, 11) is 0. The van der Waals surface area contributed by atoms with E-state index in [4.69, 9.17) is 5.73 Å². The van der Waals surface area contributed by atoms with Crippen LogP contribution < -0.4 is 10.6 Å². The van der Waals surface area contributed by atoms with E-state index in [9.17, 15) is 4.39 Å². The molecule has 2 atom stereocenters. The van der Waals surface area contributed by atoms with Crippen molar-refractivity contribution >= 4 is 27.3 Å². The molecule has 0 spiro atoms. The summed E-state index contributed by atoms with van der Waals surface area (Å²) in [6.07, 6.45) is 6.35. The highest BCUT2D eigenvalue weighted by molar-refractivity contribution is 9.10. The minimum absolute atomic E-state index is 0.223. The van der Waals surface area contributed by atoms with E-state index in [-0.39, 0.29) is 5.82 Å². The lowest BCUT2D eigenvalue weighted by Crippen LogP contribution is -2.43. The van der Waals surface area contributed by atoms with Crippen molar-refractivity contribution < 1.29 is 4.39 Å². The Hall–Kier alpha value is -0.770. The van der Waals surface area contributed by atoms with Crippen LogP contribution in [0, 0.1) is 11.7 Å². The highest BCUT2D eigenvalue weighted by atomic mass is 79.9. The quantitative estimate of drug-likeness (QED) is 0.796. The second-order valence-corrected chi connectivity index (χ2v) is 6.27. The van der Waals surface area contributed by atoms with Gasteiger partial charge in [0.2, 0.25) is 0 Å². The average molecular weight is 313 g/mol. The molecule has 0 radical (unpaired) electrons. The van der Waals surface area contributed by atoms with Crippen molar-refractivity contribution in [2.24, 2.45) is 5.92 Å². The fraction of sp³-hybridized carbons (Fsp3) is 0.571. The van der Waals surface area contributed by atoms with Gasteiger partial charge in [-0.05, 0) is 53.6 Å². The molecule has 2 nitrogen and oxygen atoms in total. The molecule has 18 heavy (non-hydrogen) atoms. The maximum absolute atomic E-state index is 13.7. The molecule has 1 heterocycles. The van der Waals surface area contributed by atoms with Gasteiger partial charge < -0.3 is 10.6 Å². The standard InChI is InChI=1S/C14H18BrFN2/c15-10-7-12(17)14(8-11(10)16)18-6-2-4-9-3-1-5-13(9)18/h7-9,13H,1-6,17H2. The number of piperidine rings is 1. The van der Waals surface area contributed by atoms with Crippen molar-refractivity contribution in [2.75, 3.05) is 17.2 Å². The first-order chi connectivity index (χ1) is 8.66. The van der Waals surface area contributed by atoms with E-state index in [1.807, 2.05) is 0 Å². The van der Waals surface area contributed by atoms with Gasteiger partial charge in [-0.1, -0.05) is 6.42 Å². The molecule has 1 aromatic carbocycles. The molecule has 1 aromatic rings. The van der Waals surface area contributed by atoms with Crippen LogP contribution in [-0.4, -0.2) is 12.6 Å². The van der Waals surface area contributed by atoms with Crippen LogP contribution in [0.2, 0.25) is 0 Å². The van der Waals surface area contributed by atoms with Gasteiger partial charge in [0.15, 0.2) is 0 Å². The summed E-state index contributed by atoms with van der Waals surface area (Å²) in [5.41, 5.74) is 7.62. The number of nitrogens with two attached hydrogens (primary N) is 1. The maximum Gasteiger partial charge on any atom is 0.139 e. The summed E-state index contributed by atoms with van der Waals surface area (Å²) >= 11 is 3.19. The normalized spacial score (nSPS) is 27.3. The fourth-order valence-electron chi connectivity index (χ4n) is 3.55. The van der Waals surface area contributed by atoms with Gasteiger partial charge in [0.1, 0.15) is 5.82 Å². The van der Waals surface area contributed by atoms with Crippen LogP contribution >= 0.6 is 15.9 Å². The number of halogens is 2. The minimum Gasteiger partial charge on any atom is -0.397 e. The van der Waals surface area contributed by atoms with Crippen LogP contribution in [0.25, 0.3) is 0 Å². The lowest BCUT2D eigenvalue weighted by molar-refractivity contribution is 0.362. The highest BCUT2D eigenvalue weighted by Gasteiger charge is 2.35. The topological polar surface area (TPSA) is 29.3 Å². The van der Waals surface area contributed by atoms with Gasteiger partial charge in [-0.15, -0.1) is 0 Å². The summed E-state index contributed by atoms with van der Waals surface area (Å²) in [6.45, 7) is 1.01. The Kier molecular flexibility index (Phi) is 3.22. The summed E-state index contributed by atoms with van der Waals surface area (Å²) < 4.78 is 14.2. The molecule has 0 aromatic heterocycles. The summed E-state index contributed by atoms with van der Waals surface area (Å²) in [5.74, 6) is 0.559. The maximum atomic E-state index is 13.7. The van der Waals surface area contributed by atoms with Crippen molar-refractivity contribution in [3.8, 4) is 0 Å². The van der Waals surface area contributed by atoms with Crippen molar-refractivity contribution in [2.45, 2.75) is 38.1 Å². The van der Waals surface area contributed by atoms with E-state index in [2.05, 4.69) is 20.8 Å². The number of nitrogens with zero attached hydrogens (tertiary/aromatic N) is 1. The van der Waals surface area contributed by atoms with E-state index in [1.165, 1.54) is 32.1 Å². The first kappa shape index (κ1) is 12.3. The van der Waals surface area contributed by atoms with Crippen LogP contribution in [0.5, 0.6) is 0 Å². The lowest BCUT2D eigenvalue weighted by atomic mass is 9.91.